The number of carbonyl (C=O) groups is 1. The van der Waals surface area contributed by atoms with E-state index in [1.165, 1.54) is 12.7 Å². The third-order valence-corrected chi connectivity index (χ3v) is 4.59. The molecule has 0 saturated carbocycles. The molecular formula is C20H29NO2. The number of esters is 1. The van der Waals surface area contributed by atoms with Gasteiger partial charge >= 0.3 is 5.97 Å². The molecule has 1 rings (SSSR count). The molecule has 2 unspecified atom stereocenters. The van der Waals surface area contributed by atoms with Gasteiger partial charge in [0.25, 0.3) is 0 Å². The summed E-state index contributed by atoms with van der Waals surface area (Å²) in [5.74, 6) is -0.119. The number of carbonyl (C=O) groups excluding carboxylic acids is 1. The maximum atomic E-state index is 11.8. The molecule has 0 fully saturated rings. The van der Waals surface area contributed by atoms with Crippen LogP contribution in [0, 0.1) is 17.9 Å². The molecule has 1 aromatic rings. The maximum absolute atomic E-state index is 11.8. The van der Waals surface area contributed by atoms with Gasteiger partial charge in [-0.2, -0.15) is 0 Å². The van der Waals surface area contributed by atoms with Crippen LogP contribution < -0.4 is 0 Å². The molecule has 0 heterocycles. The van der Waals surface area contributed by atoms with Gasteiger partial charge in [-0.1, -0.05) is 51.1 Å². The molecule has 1 aromatic carbocycles. The molecule has 0 saturated heterocycles. The summed E-state index contributed by atoms with van der Waals surface area (Å²) in [6.45, 7) is 17.7. The fourth-order valence-corrected chi connectivity index (χ4v) is 3.29. The molecule has 0 aromatic heterocycles. The van der Waals surface area contributed by atoms with Gasteiger partial charge in [-0.3, -0.25) is 4.79 Å². The lowest BCUT2D eigenvalue weighted by atomic mass is 9.66. The minimum Gasteiger partial charge on any atom is -0.469 e. The van der Waals surface area contributed by atoms with Crippen LogP contribution in [0.3, 0.4) is 0 Å². The van der Waals surface area contributed by atoms with Gasteiger partial charge in [-0.05, 0) is 23.3 Å². The predicted octanol–water partition coefficient (Wildman–Crippen LogP) is 5.08. The SMILES string of the molecule is [C-]#[N+]C(C)(C)CC(c1ccccc1)C(C)(C)CC(C)C(=O)OC. The number of hydrogen-bond donors (Lipinski definition) is 0. The fourth-order valence-electron chi connectivity index (χ4n) is 3.29. The van der Waals surface area contributed by atoms with Crippen molar-refractivity contribution in [3.63, 3.8) is 0 Å². The zero-order valence-electron chi connectivity index (χ0n) is 15.2. The molecule has 2 atom stereocenters. The van der Waals surface area contributed by atoms with Crippen LogP contribution >= 0.6 is 0 Å². The first kappa shape index (κ1) is 19.2. The average molecular weight is 315 g/mol. The Hall–Kier alpha value is -1.82. The van der Waals surface area contributed by atoms with E-state index >= 15 is 0 Å². The Labute approximate surface area is 140 Å². The van der Waals surface area contributed by atoms with Crippen molar-refractivity contribution >= 4 is 5.97 Å². The highest BCUT2D eigenvalue weighted by Crippen LogP contribution is 2.45. The number of rotatable bonds is 7. The van der Waals surface area contributed by atoms with Crippen LogP contribution in [0.1, 0.15) is 58.9 Å². The van der Waals surface area contributed by atoms with E-state index in [1.54, 1.807) is 0 Å². The summed E-state index contributed by atoms with van der Waals surface area (Å²) in [7, 11) is 1.43. The smallest absolute Gasteiger partial charge is 0.308 e. The minimum atomic E-state index is -0.424. The molecule has 0 aliphatic carbocycles. The normalized spacial score (nSPS) is 14.7. The Balaban J connectivity index is 3.12. The molecule has 3 nitrogen and oxygen atoms in total. The predicted molar refractivity (Wildman–Crippen MR) is 94.1 cm³/mol. The Morgan fingerprint density at radius 2 is 1.74 bits per heavy atom. The van der Waals surface area contributed by atoms with E-state index in [2.05, 4.69) is 30.8 Å². The second-order valence-electron chi connectivity index (χ2n) is 7.71. The van der Waals surface area contributed by atoms with Crippen molar-refractivity contribution in [2.45, 2.75) is 58.9 Å². The van der Waals surface area contributed by atoms with Gasteiger partial charge in [0.1, 0.15) is 0 Å². The van der Waals surface area contributed by atoms with Crippen LogP contribution in [0.2, 0.25) is 0 Å². The lowest BCUT2D eigenvalue weighted by molar-refractivity contribution is -0.146. The third-order valence-electron chi connectivity index (χ3n) is 4.59. The van der Waals surface area contributed by atoms with Crippen molar-refractivity contribution < 1.29 is 9.53 Å². The monoisotopic (exact) mass is 315 g/mol. The highest BCUT2D eigenvalue weighted by Gasteiger charge is 2.39. The van der Waals surface area contributed by atoms with Gasteiger partial charge in [0, 0.05) is 20.3 Å². The number of ether oxygens (including phenoxy) is 1. The fraction of sp³-hybridized carbons (Fsp3) is 0.600. The van der Waals surface area contributed by atoms with Crippen LogP contribution in [0.5, 0.6) is 0 Å². The summed E-state index contributed by atoms with van der Waals surface area (Å²) in [4.78, 5) is 15.6. The van der Waals surface area contributed by atoms with E-state index in [0.29, 0.717) is 0 Å². The average Bonchev–Trinajstić information content (AvgIpc) is 2.52. The van der Waals surface area contributed by atoms with Crippen LogP contribution in [0.4, 0.5) is 0 Å². The second kappa shape index (κ2) is 7.64. The van der Waals surface area contributed by atoms with Gasteiger partial charge < -0.3 is 9.58 Å². The lowest BCUT2D eigenvalue weighted by Crippen LogP contribution is -2.32. The van der Waals surface area contributed by atoms with Crippen LogP contribution in [-0.4, -0.2) is 18.6 Å². The van der Waals surface area contributed by atoms with Gasteiger partial charge in [-0.25, -0.2) is 6.57 Å². The number of methoxy groups -OCH3 is 1. The largest absolute Gasteiger partial charge is 0.469 e. The molecule has 0 amide bonds. The van der Waals surface area contributed by atoms with Crippen LogP contribution in [0.25, 0.3) is 4.85 Å². The highest BCUT2D eigenvalue weighted by atomic mass is 16.5. The summed E-state index contributed by atoms with van der Waals surface area (Å²) >= 11 is 0. The number of benzene rings is 1. The first-order valence-electron chi connectivity index (χ1n) is 8.14. The molecular weight excluding hydrogens is 286 g/mol. The Kier molecular flexibility index (Phi) is 6.38. The molecule has 0 N–H and O–H groups in total. The van der Waals surface area contributed by atoms with Crippen molar-refractivity contribution in [1.29, 1.82) is 0 Å². The molecule has 0 aliphatic rings. The van der Waals surface area contributed by atoms with Crippen LogP contribution in [0.15, 0.2) is 30.3 Å². The van der Waals surface area contributed by atoms with E-state index in [4.69, 9.17) is 11.3 Å². The third kappa shape index (κ3) is 5.39. The topological polar surface area (TPSA) is 30.7 Å². The maximum Gasteiger partial charge on any atom is 0.308 e. The Morgan fingerprint density at radius 1 is 1.17 bits per heavy atom. The summed E-state index contributed by atoms with van der Waals surface area (Å²) in [5.41, 5.74) is 0.690. The molecule has 23 heavy (non-hydrogen) atoms. The molecule has 0 bridgehead atoms. The molecule has 0 radical (unpaired) electrons. The second-order valence-corrected chi connectivity index (χ2v) is 7.71. The number of nitrogens with zero attached hydrogens (tertiary/aromatic N) is 1. The molecule has 126 valence electrons. The van der Waals surface area contributed by atoms with Crippen molar-refractivity contribution in [3.8, 4) is 0 Å². The van der Waals surface area contributed by atoms with E-state index in [-0.39, 0.29) is 23.2 Å². The van der Waals surface area contributed by atoms with Crippen molar-refractivity contribution in [2.24, 2.45) is 11.3 Å². The molecule has 3 heteroatoms. The standard InChI is InChI=1S/C20H29NO2/c1-15(18(22)23-7)13-19(2,3)17(14-20(4,5)21-6)16-11-9-8-10-12-16/h8-12,15,17H,13-14H2,1-5,7H3. The zero-order chi connectivity index (χ0) is 17.7. The zero-order valence-corrected chi connectivity index (χ0v) is 15.2. The lowest BCUT2D eigenvalue weighted by Gasteiger charge is -2.37. The highest BCUT2D eigenvalue weighted by molar-refractivity contribution is 5.71. The van der Waals surface area contributed by atoms with Crippen LogP contribution in [-0.2, 0) is 9.53 Å². The van der Waals surface area contributed by atoms with Gasteiger partial charge in [0.2, 0.25) is 5.54 Å². The van der Waals surface area contributed by atoms with Crippen molar-refractivity contribution in [3.05, 3.63) is 47.3 Å². The van der Waals surface area contributed by atoms with E-state index < -0.39 is 5.54 Å². The summed E-state index contributed by atoms with van der Waals surface area (Å²) < 4.78 is 4.88. The minimum absolute atomic E-state index is 0.114. The number of hydrogen-bond acceptors (Lipinski definition) is 2. The quantitative estimate of drug-likeness (QED) is 0.518. The Bertz CT molecular complexity index is 555. The molecule has 0 spiro atoms. The first-order valence-corrected chi connectivity index (χ1v) is 8.14. The van der Waals surface area contributed by atoms with Gasteiger partial charge in [0.05, 0.1) is 13.0 Å². The molecule has 0 aliphatic heterocycles. The summed E-state index contributed by atoms with van der Waals surface area (Å²) in [6, 6.07) is 10.3. The van der Waals surface area contributed by atoms with E-state index in [9.17, 15) is 4.79 Å². The van der Waals surface area contributed by atoms with E-state index in [0.717, 1.165) is 12.8 Å². The summed E-state index contributed by atoms with van der Waals surface area (Å²) in [5, 5.41) is 0. The van der Waals surface area contributed by atoms with Gasteiger partial charge in [-0.15, -0.1) is 0 Å². The Morgan fingerprint density at radius 3 is 2.22 bits per heavy atom. The van der Waals surface area contributed by atoms with Crippen molar-refractivity contribution in [1.82, 2.24) is 0 Å². The summed E-state index contributed by atoms with van der Waals surface area (Å²) in [6.07, 6.45) is 1.49. The van der Waals surface area contributed by atoms with Gasteiger partial charge in [0.15, 0.2) is 0 Å². The van der Waals surface area contributed by atoms with Crippen molar-refractivity contribution in [2.75, 3.05) is 7.11 Å². The van der Waals surface area contributed by atoms with E-state index in [1.807, 2.05) is 39.0 Å². The first-order chi connectivity index (χ1) is 10.6.